The van der Waals surface area contributed by atoms with Crippen LogP contribution in [0.5, 0.6) is 0 Å². The molecule has 0 aliphatic carbocycles. The molecule has 0 fully saturated rings. The molecular formula is C26H21N3O6. The van der Waals surface area contributed by atoms with Crippen molar-refractivity contribution in [3.05, 3.63) is 93.8 Å². The predicted octanol–water partition coefficient (Wildman–Crippen LogP) is 3.19. The van der Waals surface area contributed by atoms with Gasteiger partial charge in [0.25, 0.3) is 0 Å². The van der Waals surface area contributed by atoms with Crippen LogP contribution in [0.1, 0.15) is 33.6 Å². The minimum absolute atomic E-state index is 0.0106. The number of nitrogens with one attached hydrogen (secondary N) is 2. The van der Waals surface area contributed by atoms with Crippen LogP contribution in [-0.4, -0.2) is 32.0 Å². The van der Waals surface area contributed by atoms with Crippen LogP contribution in [0.3, 0.4) is 0 Å². The normalized spacial score (nSPS) is 17.5. The van der Waals surface area contributed by atoms with Crippen LogP contribution < -0.4 is 16.5 Å². The summed E-state index contributed by atoms with van der Waals surface area (Å²) in [7, 11) is 2.57. The monoisotopic (exact) mass is 471 g/mol. The Morgan fingerprint density at radius 3 is 2.40 bits per heavy atom. The van der Waals surface area contributed by atoms with E-state index in [0.29, 0.717) is 22.3 Å². The first-order valence-corrected chi connectivity index (χ1v) is 10.8. The Balaban J connectivity index is 1.68. The minimum atomic E-state index is -0.643. The number of hydrazine groups is 1. The lowest BCUT2D eigenvalue weighted by Crippen LogP contribution is -2.49. The SMILES string of the molecule is COC(=O)C1=NC(c2ccc(C(=O)OC)cc2)C(c2cc(=O)oc3c2ccc2ccccc23)NN1. The molecule has 0 radical (unpaired) electrons. The molecule has 2 atom stereocenters. The van der Waals surface area contributed by atoms with Crippen LogP contribution in [0.2, 0.25) is 0 Å². The number of amidine groups is 1. The van der Waals surface area contributed by atoms with E-state index in [-0.39, 0.29) is 5.84 Å². The lowest BCUT2D eigenvalue weighted by atomic mass is 9.90. The van der Waals surface area contributed by atoms with Crippen LogP contribution in [0.15, 0.2) is 80.9 Å². The highest BCUT2D eigenvalue weighted by Gasteiger charge is 2.33. The number of carbonyl (C=O) groups excluding carboxylic acids is 2. The summed E-state index contributed by atoms with van der Waals surface area (Å²) >= 11 is 0. The van der Waals surface area contributed by atoms with Crippen molar-refractivity contribution in [2.75, 3.05) is 14.2 Å². The summed E-state index contributed by atoms with van der Waals surface area (Å²) in [5.74, 6) is -1.12. The first-order chi connectivity index (χ1) is 17.0. The largest absolute Gasteiger partial charge is 0.465 e. The van der Waals surface area contributed by atoms with Crippen LogP contribution in [0.25, 0.3) is 21.7 Å². The zero-order chi connectivity index (χ0) is 24.5. The number of methoxy groups -OCH3 is 2. The Bertz CT molecular complexity index is 1540. The molecular weight excluding hydrogens is 450 g/mol. The van der Waals surface area contributed by atoms with E-state index in [9.17, 15) is 14.4 Å². The second kappa shape index (κ2) is 9.03. The van der Waals surface area contributed by atoms with Crippen molar-refractivity contribution in [1.29, 1.82) is 0 Å². The molecule has 0 bridgehead atoms. The topological polar surface area (TPSA) is 119 Å². The smallest absolute Gasteiger partial charge is 0.374 e. The van der Waals surface area contributed by atoms with Gasteiger partial charge in [0.15, 0.2) is 0 Å². The lowest BCUT2D eigenvalue weighted by Gasteiger charge is -2.32. The van der Waals surface area contributed by atoms with Gasteiger partial charge in [0.05, 0.1) is 31.9 Å². The molecule has 1 aliphatic heterocycles. The second-order valence-electron chi connectivity index (χ2n) is 7.96. The maximum absolute atomic E-state index is 12.6. The van der Waals surface area contributed by atoms with Crippen LogP contribution in [0.4, 0.5) is 0 Å². The molecule has 0 saturated heterocycles. The lowest BCUT2D eigenvalue weighted by molar-refractivity contribution is -0.133. The minimum Gasteiger partial charge on any atom is -0.465 e. The summed E-state index contributed by atoms with van der Waals surface area (Å²) in [5.41, 5.74) is 7.60. The van der Waals surface area contributed by atoms with E-state index in [0.717, 1.165) is 16.2 Å². The van der Waals surface area contributed by atoms with Crippen molar-refractivity contribution < 1.29 is 23.5 Å². The first-order valence-electron chi connectivity index (χ1n) is 10.8. The molecule has 1 aromatic heterocycles. The van der Waals surface area contributed by atoms with Crippen molar-refractivity contribution in [1.82, 2.24) is 10.9 Å². The molecule has 0 spiro atoms. The number of nitrogens with zero attached hydrogens (tertiary/aromatic N) is 1. The number of hydrogen-bond donors (Lipinski definition) is 2. The van der Waals surface area contributed by atoms with Gasteiger partial charge in [0, 0.05) is 16.8 Å². The summed E-state index contributed by atoms with van der Waals surface area (Å²) in [6.45, 7) is 0. The number of aliphatic imine (C=N–C) groups is 1. The fraction of sp³-hybridized carbons (Fsp3) is 0.154. The molecule has 5 rings (SSSR count). The molecule has 9 heteroatoms. The molecule has 2 heterocycles. The number of fused-ring (bicyclic) bond motifs is 3. The Morgan fingerprint density at radius 1 is 0.914 bits per heavy atom. The van der Waals surface area contributed by atoms with Crippen molar-refractivity contribution in [2.24, 2.45) is 4.99 Å². The van der Waals surface area contributed by atoms with Gasteiger partial charge in [-0.25, -0.2) is 19.8 Å². The third-order valence-electron chi connectivity index (χ3n) is 5.98. The van der Waals surface area contributed by atoms with E-state index in [1.165, 1.54) is 20.3 Å². The van der Waals surface area contributed by atoms with Crippen molar-refractivity contribution in [3.63, 3.8) is 0 Å². The average molecular weight is 471 g/mol. The van der Waals surface area contributed by atoms with E-state index in [4.69, 9.17) is 13.9 Å². The summed E-state index contributed by atoms with van der Waals surface area (Å²) in [6, 6.07) is 18.4. The molecule has 1 aliphatic rings. The number of rotatable bonds is 4. The molecule has 3 aromatic carbocycles. The van der Waals surface area contributed by atoms with Crippen molar-refractivity contribution in [2.45, 2.75) is 12.1 Å². The Labute approximate surface area is 199 Å². The third kappa shape index (κ3) is 4.02. The third-order valence-corrected chi connectivity index (χ3v) is 5.98. The Kier molecular flexibility index (Phi) is 5.76. The highest BCUT2D eigenvalue weighted by molar-refractivity contribution is 6.35. The van der Waals surface area contributed by atoms with Gasteiger partial charge in [-0.2, -0.15) is 0 Å². The average Bonchev–Trinajstić information content (AvgIpc) is 2.91. The number of carbonyl (C=O) groups is 2. The zero-order valence-corrected chi connectivity index (χ0v) is 18.9. The zero-order valence-electron chi connectivity index (χ0n) is 18.9. The molecule has 2 unspecified atom stereocenters. The van der Waals surface area contributed by atoms with Gasteiger partial charge in [-0.05, 0) is 28.6 Å². The molecule has 35 heavy (non-hydrogen) atoms. The summed E-state index contributed by atoms with van der Waals surface area (Å²) in [6.07, 6.45) is 0. The highest BCUT2D eigenvalue weighted by atomic mass is 16.5. The van der Waals surface area contributed by atoms with Gasteiger partial charge >= 0.3 is 17.6 Å². The fourth-order valence-electron chi connectivity index (χ4n) is 4.29. The fourth-order valence-corrected chi connectivity index (χ4v) is 4.29. The number of ether oxygens (including phenoxy) is 2. The quantitative estimate of drug-likeness (QED) is 0.265. The number of hydrogen-bond acceptors (Lipinski definition) is 9. The van der Waals surface area contributed by atoms with Crippen LogP contribution in [-0.2, 0) is 14.3 Å². The molecule has 0 saturated carbocycles. The van der Waals surface area contributed by atoms with E-state index in [1.807, 2.05) is 36.4 Å². The maximum atomic E-state index is 12.6. The van der Waals surface area contributed by atoms with Gasteiger partial charge < -0.3 is 13.9 Å². The Hall–Kier alpha value is -4.50. The van der Waals surface area contributed by atoms with Gasteiger partial charge in [0.1, 0.15) is 5.58 Å². The molecule has 9 nitrogen and oxygen atoms in total. The summed E-state index contributed by atoms with van der Waals surface area (Å²) in [5, 5.41) is 2.48. The van der Waals surface area contributed by atoms with Crippen LogP contribution in [0, 0.1) is 0 Å². The van der Waals surface area contributed by atoms with Gasteiger partial charge in [-0.15, -0.1) is 0 Å². The molecule has 2 N–H and O–H groups in total. The first kappa shape index (κ1) is 22.3. The summed E-state index contributed by atoms with van der Waals surface area (Å²) < 4.78 is 15.2. The van der Waals surface area contributed by atoms with Crippen molar-refractivity contribution in [3.8, 4) is 0 Å². The molecule has 176 valence electrons. The molecule has 0 amide bonds. The van der Waals surface area contributed by atoms with E-state index in [1.54, 1.807) is 24.3 Å². The standard InChI is InChI=1S/C26H21N3O6/c1-33-25(31)16-9-7-15(8-10-16)21-22(28-29-24(27-21)26(32)34-2)19-13-20(30)35-23-17-6-4-3-5-14(17)11-12-18(19)23/h3-13,21-22,28H,1-2H3,(H,27,29). The number of benzene rings is 3. The molecule has 4 aromatic rings. The number of esters is 2. The van der Waals surface area contributed by atoms with E-state index < -0.39 is 29.6 Å². The van der Waals surface area contributed by atoms with Gasteiger partial charge in [-0.1, -0.05) is 48.5 Å². The van der Waals surface area contributed by atoms with E-state index in [2.05, 4.69) is 15.8 Å². The van der Waals surface area contributed by atoms with Crippen molar-refractivity contribution >= 4 is 39.5 Å². The highest BCUT2D eigenvalue weighted by Crippen LogP contribution is 2.38. The van der Waals surface area contributed by atoms with Gasteiger partial charge in [0.2, 0.25) is 5.84 Å². The summed E-state index contributed by atoms with van der Waals surface area (Å²) in [4.78, 5) is 41.3. The second-order valence-corrected chi connectivity index (χ2v) is 7.96. The predicted molar refractivity (Wildman–Crippen MR) is 129 cm³/mol. The van der Waals surface area contributed by atoms with E-state index >= 15 is 0 Å². The Morgan fingerprint density at radius 2 is 1.66 bits per heavy atom. The maximum Gasteiger partial charge on any atom is 0.374 e. The van der Waals surface area contributed by atoms with Gasteiger partial charge in [-0.3, -0.25) is 10.4 Å². The van der Waals surface area contributed by atoms with Crippen LogP contribution >= 0.6 is 0 Å².